The van der Waals surface area contributed by atoms with E-state index in [2.05, 4.69) is 43.8 Å². The van der Waals surface area contributed by atoms with Crippen LogP contribution in [0.3, 0.4) is 0 Å². The predicted molar refractivity (Wildman–Crippen MR) is 98.9 cm³/mol. The highest BCUT2D eigenvalue weighted by molar-refractivity contribution is 14.1. The third-order valence-electron chi connectivity index (χ3n) is 2.98. The van der Waals surface area contributed by atoms with Gasteiger partial charge in [-0.15, -0.1) is 0 Å². The van der Waals surface area contributed by atoms with E-state index >= 15 is 0 Å². The molecule has 0 aromatic heterocycles. The van der Waals surface area contributed by atoms with Crippen LogP contribution in [0.5, 0.6) is 0 Å². The summed E-state index contributed by atoms with van der Waals surface area (Å²) in [7, 11) is 0. The number of rotatable bonds is 4. The minimum absolute atomic E-state index is 0.0331. The second-order valence-corrected chi connectivity index (χ2v) is 7.35. The van der Waals surface area contributed by atoms with Gasteiger partial charge in [0.25, 0.3) is 5.91 Å². The molecule has 1 unspecified atom stereocenters. The highest BCUT2D eigenvalue weighted by Gasteiger charge is 2.13. The van der Waals surface area contributed by atoms with Crippen LogP contribution >= 0.6 is 50.1 Å². The first-order chi connectivity index (χ1) is 9.95. The lowest BCUT2D eigenvalue weighted by atomic mass is 10.1. The zero-order valence-corrected chi connectivity index (χ0v) is 15.9. The lowest BCUT2D eigenvalue weighted by Crippen LogP contribution is -2.34. The average Bonchev–Trinajstić information content (AvgIpc) is 2.41. The Labute approximate surface area is 151 Å². The topological polar surface area (TPSA) is 29.1 Å². The molecule has 0 aliphatic rings. The minimum atomic E-state index is -0.0600. The summed E-state index contributed by atoms with van der Waals surface area (Å²) >= 11 is 11.5. The van der Waals surface area contributed by atoms with Crippen molar-refractivity contribution in [3.05, 3.63) is 66.7 Å². The quantitative estimate of drug-likeness (QED) is 0.611. The highest BCUT2D eigenvalue weighted by Crippen LogP contribution is 2.19. The fraction of sp³-hybridized carbons (Fsp3) is 0.188. The van der Waals surface area contributed by atoms with Crippen LogP contribution in [0.1, 0.15) is 22.8 Å². The molecule has 21 heavy (non-hydrogen) atoms. The van der Waals surface area contributed by atoms with Crippen molar-refractivity contribution in [2.24, 2.45) is 0 Å². The summed E-state index contributed by atoms with van der Waals surface area (Å²) in [4.78, 5) is 12.3. The van der Waals surface area contributed by atoms with Crippen LogP contribution < -0.4 is 5.32 Å². The van der Waals surface area contributed by atoms with E-state index in [1.165, 1.54) is 0 Å². The number of halogens is 3. The van der Waals surface area contributed by atoms with Crippen molar-refractivity contribution in [1.29, 1.82) is 0 Å². The van der Waals surface area contributed by atoms with Gasteiger partial charge in [-0.1, -0.05) is 39.7 Å². The molecule has 1 N–H and O–H groups in total. The lowest BCUT2D eigenvalue weighted by molar-refractivity contribution is 0.0939. The Hall–Kier alpha value is -0.590. The third-order valence-corrected chi connectivity index (χ3v) is 4.65. The SMILES string of the molecule is CC(Cc1cccc(Cl)c1)NC(=O)c1cc(Br)ccc1I. The van der Waals surface area contributed by atoms with Gasteiger partial charge in [0.05, 0.1) is 5.56 Å². The molecule has 0 spiro atoms. The Kier molecular flexibility index (Phi) is 6.08. The van der Waals surface area contributed by atoms with Crippen LogP contribution in [0, 0.1) is 3.57 Å². The van der Waals surface area contributed by atoms with Crippen LogP contribution in [-0.2, 0) is 6.42 Å². The largest absolute Gasteiger partial charge is 0.349 e. The number of nitrogens with one attached hydrogen (secondary N) is 1. The monoisotopic (exact) mass is 477 g/mol. The second kappa shape index (κ2) is 7.61. The number of carbonyl (C=O) groups is 1. The molecule has 0 fully saturated rings. The van der Waals surface area contributed by atoms with Crippen molar-refractivity contribution < 1.29 is 4.79 Å². The molecule has 2 rings (SSSR count). The van der Waals surface area contributed by atoms with Crippen molar-refractivity contribution in [1.82, 2.24) is 5.32 Å². The maximum Gasteiger partial charge on any atom is 0.252 e. The maximum atomic E-state index is 12.3. The lowest BCUT2D eigenvalue weighted by Gasteiger charge is -2.15. The van der Waals surface area contributed by atoms with E-state index in [0.717, 1.165) is 20.0 Å². The maximum absolute atomic E-state index is 12.3. The molecule has 0 radical (unpaired) electrons. The van der Waals surface area contributed by atoms with Gasteiger partial charge in [0, 0.05) is 19.1 Å². The van der Waals surface area contributed by atoms with Crippen LogP contribution in [-0.4, -0.2) is 11.9 Å². The fourth-order valence-corrected chi connectivity index (χ4v) is 3.20. The first kappa shape index (κ1) is 16.8. The summed E-state index contributed by atoms with van der Waals surface area (Å²) in [5.74, 6) is -0.0600. The third kappa shape index (κ3) is 4.97. The highest BCUT2D eigenvalue weighted by atomic mass is 127. The first-order valence-corrected chi connectivity index (χ1v) is 8.71. The Balaban J connectivity index is 2.03. The van der Waals surface area contributed by atoms with Crippen LogP contribution in [0.2, 0.25) is 5.02 Å². The Morgan fingerprint density at radius 1 is 1.33 bits per heavy atom. The van der Waals surface area contributed by atoms with Gasteiger partial charge in [-0.25, -0.2) is 0 Å². The Morgan fingerprint density at radius 2 is 2.10 bits per heavy atom. The van der Waals surface area contributed by atoms with Gasteiger partial charge in [-0.05, 0) is 71.8 Å². The molecule has 1 amide bonds. The molecule has 2 aromatic rings. The standard InChI is InChI=1S/C16H14BrClINO/c1-10(7-11-3-2-4-13(18)8-11)20-16(21)14-9-12(17)5-6-15(14)19/h2-6,8-10H,7H2,1H3,(H,20,21). The van der Waals surface area contributed by atoms with E-state index in [1.54, 1.807) is 0 Å². The first-order valence-electron chi connectivity index (χ1n) is 6.46. The van der Waals surface area contributed by atoms with Gasteiger partial charge in [0.1, 0.15) is 0 Å². The van der Waals surface area contributed by atoms with Crippen molar-refractivity contribution in [2.45, 2.75) is 19.4 Å². The summed E-state index contributed by atoms with van der Waals surface area (Å²) in [6.07, 6.45) is 0.747. The van der Waals surface area contributed by atoms with Gasteiger partial charge >= 0.3 is 0 Å². The number of hydrogen-bond acceptors (Lipinski definition) is 1. The fourth-order valence-electron chi connectivity index (χ4n) is 2.04. The molecular formula is C16H14BrClINO. The van der Waals surface area contributed by atoms with Gasteiger partial charge in [0.2, 0.25) is 0 Å². The van der Waals surface area contributed by atoms with E-state index in [4.69, 9.17) is 11.6 Å². The summed E-state index contributed by atoms with van der Waals surface area (Å²) in [5.41, 5.74) is 1.79. The number of hydrogen-bond donors (Lipinski definition) is 1. The van der Waals surface area contributed by atoms with Gasteiger partial charge in [-0.3, -0.25) is 4.79 Å². The second-order valence-electron chi connectivity index (χ2n) is 4.83. The van der Waals surface area contributed by atoms with Crippen molar-refractivity contribution >= 4 is 56.0 Å². The molecular weight excluding hydrogens is 464 g/mol. The van der Waals surface area contributed by atoms with Gasteiger partial charge in [0.15, 0.2) is 0 Å². The van der Waals surface area contributed by atoms with E-state index in [-0.39, 0.29) is 11.9 Å². The smallest absolute Gasteiger partial charge is 0.252 e. The normalized spacial score (nSPS) is 12.0. The molecule has 0 aliphatic carbocycles. The van der Waals surface area contributed by atoms with E-state index in [1.807, 2.05) is 49.4 Å². The van der Waals surface area contributed by atoms with E-state index in [0.29, 0.717) is 10.6 Å². The van der Waals surface area contributed by atoms with Crippen LogP contribution in [0.4, 0.5) is 0 Å². The molecule has 0 bridgehead atoms. The Bertz CT molecular complexity index is 662. The molecule has 0 saturated heterocycles. The number of amides is 1. The number of benzene rings is 2. The molecule has 0 saturated carbocycles. The molecule has 2 aromatic carbocycles. The van der Waals surface area contributed by atoms with Crippen LogP contribution in [0.25, 0.3) is 0 Å². The van der Waals surface area contributed by atoms with Gasteiger partial charge < -0.3 is 5.32 Å². The average molecular weight is 479 g/mol. The molecule has 1 atom stereocenters. The summed E-state index contributed by atoms with van der Waals surface area (Å²) in [6, 6.07) is 13.4. The van der Waals surface area contributed by atoms with Gasteiger partial charge in [-0.2, -0.15) is 0 Å². The Morgan fingerprint density at radius 3 is 2.81 bits per heavy atom. The molecule has 5 heteroatoms. The van der Waals surface area contributed by atoms with E-state index < -0.39 is 0 Å². The summed E-state index contributed by atoms with van der Waals surface area (Å²) in [5, 5.41) is 3.74. The van der Waals surface area contributed by atoms with E-state index in [9.17, 15) is 4.79 Å². The van der Waals surface area contributed by atoms with Crippen molar-refractivity contribution in [3.63, 3.8) is 0 Å². The zero-order chi connectivity index (χ0) is 15.4. The molecule has 110 valence electrons. The molecule has 0 heterocycles. The molecule has 0 aliphatic heterocycles. The van der Waals surface area contributed by atoms with Crippen molar-refractivity contribution in [3.8, 4) is 0 Å². The summed E-state index contributed by atoms with van der Waals surface area (Å²) < 4.78 is 1.83. The predicted octanol–water partition coefficient (Wildman–Crippen LogP) is 5.07. The van der Waals surface area contributed by atoms with Crippen molar-refractivity contribution in [2.75, 3.05) is 0 Å². The minimum Gasteiger partial charge on any atom is -0.349 e. The number of carbonyl (C=O) groups excluding carboxylic acids is 1. The molecule has 2 nitrogen and oxygen atoms in total. The van der Waals surface area contributed by atoms with Crippen LogP contribution in [0.15, 0.2) is 46.9 Å². The summed E-state index contributed by atoms with van der Waals surface area (Å²) in [6.45, 7) is 1.99. The zero-order valence-electron chi connectivity index (χ0n) is 11.4.